The van der Waals surface area contributed by atoms with Crippen molar-refractivity contribution < 1.29 is 14.3 Å². The van der Waals surface area contributed by atoms with Crippen LogP contribution in [0.25, 0.3) is 0 Å². The number of hydrogen-bond donors (Lipinski definition) is 2. The van der Waals surface area contributed by atoms with Gasteiger partial charge in [0, 0.05) is 18.2 Å². The number of nitrogens with two attached hydrogens (primary N) is 1. The van der Waals surface area contributed by atoms with E-state index >= 15 is 0 Å². The number of anilines is 1. The first-order chi connectivity index (χ1) is 10.1. The van der Waals surface area contributed by atoms with Crippen LogP contribution in [0.4, 0.5) is 5.69 Å². The van der Waals surface area contributed by atoms with Gasteiger partial charge >= 0.3 is 0 Å². The summed E-state index contributed by atoms with van der Waals surface area (Å²) in [5.41, 5.74) is 6.52. The molecule has 0 atom stereocenters. The van der Waals surface area contributed by atoms with E-state index in [1.165, 1.54) is 6.42 Å². The van der Waals surface area contributed by atoms with Crippen molar-refractivity contribution in [3.63, 3.8) is 0 Å². The lowest BCUT2D eigenvalue weighted by Gasteiger charge is -2.40. The standard InChI is InChI=1S/C16H24N2O3/c1-3-21-13-6-5-12(9-14(13)20-2)18-15(19)10-16(11-17)7-4-8-16/h5-6,9H,3-4,7-8,10-11,17H2,1-2H3,(H,18,19). The second-order valence-corrected chi connectivity index (χ2v) is 5.58. The van der Waals surface area contributed by atoms with E-state index in [1.807, 2.05) is 13.0 Å². The molecule has 0 unspecified atom stereocenters. The summed E-state index contributed by atoms with van der Waals surface area (Å²) in [6, 6.07) is 5.40. The molecule has 5 heteroatoms. The Morgan fingerprint density at radius 3 is 2.67 bits per heavy atom. The van der Waals surface area contributed by atoms with Crippen molar-refractivity contribution in [1.82, 2.24) is 0 Å². The smallest absolute Gasteiger partial charge is 0.224 e. The predicted octanol–water partition coefficient (Wildman–Crippen LogP) is 2.55. The third-order valence-corrected chi connectivity index (χ3v) is 4.13. The molecule has 2 rings (SSSR count). The SMILES string of the molecule is CCOc1ccc(NC(=O)CC2(CN)CCC2)cc1OC. The van der Waals surface area contributed by atoms with Crippen LogP contribution in [-0.4, -0.2) is 26.2 Å². The topological polar surface area (TPSA) is 73.6 Å². The van der Waals surface area contributed by atoms with Crippen LogP contribution in [0, 0.1) is 5.41 Å². The molecule has 21 heavy (non-hydrogen) atoms. The maximum Gasteiger partial charge on any atom is 0.224 e. The summed E-state index contributed by atoms with van der Waals surface area (Å²) in [6.07, 6.45) is 3.74. The Morgan fingerprint density at radius 1 is 1.38 bits per heavy atom. The van der Waals surface area contributed by atoms with Crippen LogP contribution in [0.3, 0.4) is 0 Å². The average molecular weight is 292 g/mol. The summed E-state index contributed by atoms with van der Waals surface area (Å²) in [5.74, 6) is 1.30. The highest BCUT2D eigenvalue weighted by Crippen LogP contribution is 2.43. The molecule has 0 radical (unpaired) electrons. The number of benzene rings is 1. The highest BCUT2D eigenvalue weighted by Gasteiger charge is 2.37. The van der Waals surface area contributed by atoms with Gasteiger partial charge in [0.15, 0.2) is 11.5 Å². The Labute approximate surface area is 125 Å². The molecule has 1 aliphatic carbocycles. The van der Waals surface area contributed by atoms with Crippen molar-refractivity contribution in [2.45, 2.75) is 32.6 Å². The van der Waals surface area contributed by atoms with Crippen molar-refractivity contribution in [2.75, 3.05) is 25.6 Å². The number of ether oxygens (including phenoxy) is 2. The molecule has 1 amide bonds. The molecule has 1 saturated carbocycles. The van der Waals surface area contributed by atoms with Crippen molar-refractivity contribution >= 4 is 11.6 Å². The van der Waals surface area contributed by atoms with E-state index in [0.717, 1.165) is 12.8 Å². The lowest BCUT2D eigenvalue weighted by molar-refractivity contribution is -0.119. The molecule has 0 bridgehead atoms. The monoisotopic (exact) mass is 292 g/mol. The zero-order valence-electron chi connectivity index (χ0n) is 12.8. The first kappa shape index (κ1) is 15.6. The summed E-state index contributed by atoms with van der Waals surface area (Å²) < 4.78 is 10.7. The molecule has 0 aromatic heterocycles. The summed E-state index contributed by atoms with van der Waals surface area (Å²) in [4.78, 5) is 12.2. The van der Waals surface area contributed by atoms with Gasteiger partial charge in [0.05, 0.1) is 13.7 Å². The van der Waals surface area contributed by atoms with Gasteiger partial charge in [-0.25, -0.2) is 0 Å². The van der Waals surface area contributed by atoms with E-state index < -0.39 is 0 Å². The zero-order valence-corrected chi connectivity index (χ0v) is 12.8. The molecule has 0 spiro atoms. The van der Waals surface area contributed by atoms with Gasteiger partial charge in [-0.05, 0) is 43.9 Å². The van der Waals surface area contributed by atoms with Crippen LogP contribution < -0.4 is 20.5 Å². The van der Waals surface area contributed by atoms with Gasteiger partial charge in [-0.3, -0.25) is 4.79 Å². The third-order valence-electron chi connectivity index (χ3n) is 4.13. The number of hydrogen-bond acceptors (Lipinski definition) is 4. The molecule has 0 heterocycles. The van der Waals surface area contributed by atoms with Crippen molar-refractivity contribution in [3.8, 4) is 11.5 Å². The van der Waals surface area contributed by atoms with Crippen molar-refractivity contribution in [3.05, 3.63) is 18.2 Å². The Bertz CT molecular complexity index is 493. The molecule has 0 saturated heterocycles. The minimum Gasteiger partial charge on any atom is -0.493 e. The number of carbonyl (C=O) groups excluding carboxylic acids is 1. The van der Waals surface area contributed by atoms with Crippen LogP contribution in [0.15, 0.2) is 18.2 Å². The van der Waals surface area contributed by atoms with Gasteiger partial charge in [-0.1, -0.05) is 6.42 Å². The highest BCUT2D eigenvalue weighted by atomic mass is 16.5. The summed E-state index contributed by atoms with van der Waals surface area (Å²) >= 11 is 0. The van der Waals surface area contributed by atoms with Crippen LogP contribution in [0.1, 0.15) is 32.6 Å². The number of carbonyl (C=O) groups is 1. The van der Waals surface area contributed by atoms with Gasteiger partial charge in [-0.15, -0.1) is 0 Å². The molecule has 1 aromatic rings. The molecule has 116 valence electrons. The van der Waals surface area contributed by atoms with Crippen LogP contribution >= 0.6 is 0 Å². The average Bonchev–Trinajstić information content (AvgIpc) is 2.44. The summed E-state index contributed by atoms with van der Waals surface area (Å²) in [7, 11) is 1.58. The number of amides is 1. The minimum absolute atomic E-state index is 0.00589. The van der Waals surface area contributed by atoms with Gasteiger partial charge in [0.1, 0.15) is 0 Å². The Morgan fingerprint density at radius 2 is 2.14 bits per heavy atom. The number of rotatable bonds is 7. The van der Waals surface area contributed by atoms with Crippen LogP contribution in [-0.2, 0) is 4.79 Å². The third kappa shape index (κ3) is 3.67. The predicted molar refractivity (Wildman–Crippen MR) is 82.7 cm³/mol. The molecule has 1 fully saturated rings. The van der Waals surface area contributed by atoms with E-state index in [4.69, 9.17) is 15.2 Å². The largest absolute Gasteiger partial charge is 0.493 e. The second kappa shape index (κ2) is 6.80. The Balaban J connectivity index is 2.00. The summed E-state index contributed by atoms with van der Waals surface area (Å²) in [5, 5.41) is 2.91. The molecule has 1 aliphatic rings. The molecule has 0 aliphatic heterocycles. The minimum atomic E-state index is 0.00589. The highest BCUT2D eigenvalue weighted by molar-refractivity contribution is 5.91. The second-order valence-electron chi connectivity index (χ2n) is 5.58. The van der Waals surface area contributed by atoms with Crippen LogP contribution in [0.2, 0.25) is 0 Å². The number of nitrogens with one attached hydrogen (secondary N) is 1. The quantitative estimate of drug-likeness (QED) is 0.810. The van der Waals surface area contributed by atoms with Gasteiger partial charge in [0.25, 0.3) is 0 Å². The zero-order chi connectivity index (χ0) is 15.3. The van der Waals surface area contributed by atoms with E-state index in [2.05, 4.69) is 5.32 Å². The molecule has 3 N–H and O–H groups in total. The van der Waals surface area contributed by atoms with E-state index in [-0.39, 0.29) is 11.3 Å². The van der Waals surface area contributed by atoms with E-state index in [9.17, 15) is 4.79 Å². The van der Waals surface area contributed by atoms with Gasteiger partial charge < -0.3 is 20.5 Å². The van der Waals surface area contributed by atoms with Crippen molar-refractivity contribution in [2.24, 2.45) is 11.1 Å². The normalized spacial score (nSPS) is 16.0. The molecule has 1 aromatic carbocycles. The van der Waals surface area contributed by atoms with Gasteiger partial charge in [-0.2, -0.15) is 0 Å². The lowest BCUT2D eigenvalue weighted by Crippen LogP contribution is -2.40. The molecule has 5 nitrogen and oxygen atoms in total. The first-order valence-electron chi connectivity index (χ1n) is 7.43. The molecular weight excluding hydrogens is 268 g/mol. The maximum absolute atomic E-state index is 12.2. The fourth-order valence-corrected chi connectivity index (χ4v) is 2.70. The number of methoxy groups -OCH3 is 1. The fraction of sp³-hybridized carbons (Fsp3) is 0.562. The fourth-order valence-electron chi connectivity index (χ4n) is 2.70. The Hall–Kier alpha value is -1.75. The van der Waals surface area contributed by atoms with Crippen LogP contribution in [0.5, 0.6) is 11.5 Å². The van der Waals surface area contributed by atoms with Gasteiger partial charge in [0.2, 0.25) is 5.91 Å². The lowest BCUT2D eigenvalue weighted by atomic mass is 9.66. The maximum atomic E-state index is 12.2. The van der Waals surface area contributed by atoms with Crippen molar-refractivity contribution in [1.29, 1.82) is 0 Å². The Kier molecular flexibility index (Phi) is 5.07. The van der Waals surface area contributed by atoms with E-state index in [0.29, 0.717) is 36.8 Å². The summed E-state index contributed by atoms with van der Waals surface area (Å²) in [6.45, 7) is 3.06. The van der Waals surface area contributed by atoms with E-state index in [1.54, 1.807) is 19.2 Å². The first-order valence-corrected chi connectivity index (χ1v) is 7.43. The molecular formula is C16H24N2O3.